The van der Waals surface area contributed by atoms with Crippen LogP contribution in [0.4, 0.5) is 0 Å². The summed E-state index contributed by atoms with van der Waals surface area (Å²) in [7, 11) is 0. The van der Waals surface area contributed by atoms with Crippen molar-refractivity contribution in [3.05, 3.63) is 0 Å². The number of rotatable bonds is 9. The second kappa shape index (κ2) is 9.04. The molecule has 1 aliphatic rings. The van der Waals surface area contributed by atoms with Crippen LogP contribution in [0.15, 0.2) is 0 Å². The average molecular weight is 225 g/mol. The van der Waals surface area contributed by atoms with Crippen molar-refractivity contribution in [1.82, 2.24) is 5.32 Å². The molecule has 0 aromatic carbocycles. The largest absolute Gasteiger partial charge is 0.314 e. The Morgan fingerprint density at radius 1 is 1.06 bits per heavy atom. The summed E-state index contributed by atoms with van der Waals surface area (Å²) < 4.78 is 0. The SMILES string of the molecule is CCCNC(CCC)CCCC1CCCC1. The minimum atomic E-state index is 0.798. The van der Waals surface area contributed by atoms with Gasteiger partial charge in [0.05, 0.1) is 0 Å². The number of hydrogen-bond donors (Lipinski definition) is 1. The molecular formula is C15H31N. The van der Waals surface area contributed by atoms with Crippen molar-refractivity contribution >= 4 is 0 Å². The predicted octanol–water partition coefficient (Wildman–Crippen LogP) is 4.52. The third-order valence-corrected chi connectivity index (χ3v) is 3.96. The summed E-state index contributed by atoms with van der Waals surface area (Å²) in [6.07, 6.45) is 14.3. The normalized spacial score (nSPS) is 19.1. The molecule has 1 heteroatoms. The Morgan fingerprint density at radius 2 is 1.81 bits per heavy atom. The highest BCUT2D eigenvalue weighted by molar-refractivity contribution is 4.70. The first kappa shape index (κ1) is 14.0. The summed E-state index contributed by atoms with van der Waals surface area (Å²) in [6, 6.07) is 0.798. The van der Waals surface area contributed by atoms with E-state index >= 15 is 0 Å². The highest BCUT2D eigenvalue weighted by Gasteiger charge is 2.15. The van der Waals surface area contributed by atoms with Gasteiger partial charge in [-0.05, 0) is 31.7 Å². The van der Waals surface area contributed by atoms with E-state index in [1.165, 1.54) is 70.8 Å². The zero-order chi connectivity index (χ0) is 11.6. The third kappa shape index (κ3) is 5.89. The zero-order valence-corrected chi connectivity index (χ0v) is 11.4. The van der Waals surface area contributed by atoms with Crippen molar-refractivity contribution < 1.29 is 0 Å². The molecule has 16 heavy (non-hydrogen) atoms. The quantitative estimate of drug-likeness (QED) is 0.608. The molecule has 0 saturated heterocycles. The van der Waals surface area contributed by atoms with Crippen molar-refractivity contribution in [2.75, 3.05) is 6.54 Å². The van der Waals surface area contributed by atoms with Gasteiger partial charge >= 0.3 is 0 Å². The van der Waals surface area contributed by atoms with E-state index in [1.807, 2.05) is 0 Å². The van der Waals surface area contributed by atoms with Gasteiger partial charge in [0.25, 0.3) is 0 Å². The van der Waals surface area contributed by atoms with Crippen LogP contribution in [0.25, 0.3) is 0 Å². The fourth-order valence-electron chi connectivity index (χ4n) is 3.00. The first-order valence-corrected chi connectivity index (χ1v) is 7.60. The van der Waals surface area contributed by atoms with E-state index in [0.717, 1.165) is 12.0 Å². The zero-order valence-electron chi connectivity index (χ0n) is 11.4. The van der Waals surface area contributed by atoms with Crippen LogP contribution >= 0.6 is 0 Å². The molecule has 0 amide bonds. The summed E-state index contributed by atoms with van der Waals surface area (Å²) in [4.78, 5) is 0. The lowest BCUT2D eigenvalue weighted by Gasteiger charge is -2.18. The maximum atomic E-state index is 3.70. The molecule has 1 saturated carbocycles. The van der Waals surface area contributed by atoms with Crippen LogP contribution in [-0.4, -0.2) is 12.6 Å². The van der Waals surface area contributed by atoms with Gasteiger partial charge < -0.3 is 5.32 Å². The summed E-state index contributed by atoms with van der Waals surface area (Å²) in [5.74, 6) is 1.08. The summed E-state index contributed by atoms with van der Waals surface area (Å²) >= 11 is 0. The molecule has 0 heterocycles. The second-order valence-corrected chi connectivity index (χ2v) is 5.52. The molecule has 1 nitrogen and oxygen atoms in total. The molecule has 1 fully saturated rings. The fraction of sp³-hybridized carbons (Fsp3) is 1.00. The lowest BCUT2D eigenvalue weighted by molar-refractivity contribution is 0.400. The van der Waals surface area contributed by atoms with Gasteiger partial charge in [0.15, 0.2) is 0 Å². The van der Waals surface area contributed by atoms with Crippen LogP contribution < -0.4 is 5.32 Å². The minimum absolute atomic E-state index is 0.798. The van der Waals surface area contributed by atoms with Crippen molar-refractivity contribution in [3.8, 4) is 0 Å². The molecule has 0 aromatic rings. The summed E-state index contributed by atoms with van der Waals surface area (Å²) in [5.41, 5.74) is 0. The molecule has 0 aliphatic heterocycles. The Balaban J connectivity index is 2.05. The molecule has 1 atom stereocenters. The minimum Gasteiger partial charge on any atom is -0.314 e. The average Bonchev–Trinajstić information content (AvgIpc) is 2.79. The van der Waals surface area contributed by atoms with Crippen molar-refractivity contribution in [2.24, 2.45) is 5.92 Å². The van der Waals surface area contributed by atoms with Gasteiger partial charge in [-0.2, -0.15) is 0 Å². The van der Waals surface area contributed by atoms with Crippen molar-refractivity contribution in [3.63, 3.8) is 0 Å². The van der Waals surface area contributed by atoms with E-state index in [1.54, 1.807) is 0 Å². The monoisotopic (exact) mass is 225 g/mol. The first-order valence-electron chi connectivity index (χ1n) is 7.60. The van der Waals surface area contributed by atoms with E-state index in [2.05, 4.69) is 19.2 Å². The summed E-state index contributed by atoms with van der Waals surface area (Å²) in [5, 5.41) is 3.70. The summed E-state index contributed by atoms with van der Waals surface area (Å²) in [6.45, 7) is 5.76. The highest BCUT2D eigenvalue weighted by Crippen LogP contribution is 2.29. The Morgan fingerprint density at radius 3 is 2.44 bits per heavy atom. The van der Waals surface area contributed by atoms with Crippen LogP contribution in [0.2, 0.25) is 0 Å². The molecule has 0 aromatic heterocycles. The lowest BCUT2D eigenvalue weighted by atomic mass is 9.97. The lowest BCUT2D eigenvalue weighted by Crippen LogP contribution is -2.29. The Bertz CT molecular complexity index is 150. The Labute approximate surface area is 102 Å². The highest BCUT2D eigenvalue weighted by atomic mass is 14.9. The molecule has 0 radical (unpaired) electrons. The molecule has 1 rings (SSSR count). The van der Waals surface area contributed by atoms with Crippen LogP contribution in [-0.2, 0) is 0 Å². The van der Waals surface area contributed by atoms with Crippen LogP contribution in [0, 0.1) is 5.92 Å². The molecule has 96 valence electrons. The van der Waals surface area contributed by atoms with Crippen LogP contribution in [0.5, 0.6) is 0 Å². The molecule has 1 aliphatic carbocycles. The Hall–Kier alpha value is -0.0400. The molecule has 0 spiro atoms. The van der Waals surface area contributed by atoms with E-state index in [4.69, 9.17) is 0 Å². The number of nitrogens with one attached hydrogen (secondary N) is 1. The maximum Gasteiger partial charge on any atom is 0.00669 e. The van der Waals surface area contributed by atoms with Gasteiger partial charge in [-0.25, -0.2) is 0 Å². The smallest absolute Gasteiger partial charge is 0.00669 e. The molecule has 1 unspecified atom stereocenters. The molecular weight excluding hydrogens is 194 g/mol. The predicted molar refractivity (Wildman–Crippen MR) is 72.8 cm³/mol. The van der Waals surface area contributed by atoms with E-state index < -0.39 is 0 Å². The third-order valence-electron chi connectivity index (χ3n) is 3.96. The second-order valence-electron chi connectivity index (χ2n) is 5.52. The Kier molecular flexibility index (Phi) is 7.92. The van der Waals surface area contributed by atoms with Gasteiger partial charge in [-0.3, -0.25) is 0 Å². The maximum absolute atomic E-state index is 3.70. The van der Waals surface area contributed by atoms with Crippen LogP contribution in [0.3, 0.4) is 0 Å². The van der Waals surface area contributed by atoms with Crippen molar-refractivity contribution in [2.45, 2.75) is 84.1 Å². The topological polar surface area (TPSA) is 12.0 Å². The van der Waals surface area contributed by atoms with Gasteiger partial charge in [0.2, 0.25) is 0 Å². The first-order chi connectivity index (χ1) is 7.86. The fourth-order valence-corrected chi connectivity index (χ4v) is 3.00. The van der Waals surface area contributed by atoms with E-state index in [-0.39, 0.29) is 0 Å². The van der Waals surface area contributed by atoms with Crippen molar-refractivity contribution in [1.29, 1.82) is 0 Å². The van der Waals surface area contributed by atoms with Gasteiger partial charge in [0.1, 0.15) is 0 Å². The van der Waals surface area contributed by atoms with E-state index in [9.17, 15) is 0 Å². The van der Waals surface area contributed by atoms with Gasteiger partial charge in [0, 0.05) is 6.04 Å². The number of hydrogen-bond acceptors (Lipinski definition) is 1. The van der Waals surface area contributed by atoms with Crippen LogP contribution in [0.1, 0.15) is 78.1 Å². The molecule has 1 N–H and O–H groups in total. The molecule has 0 bridgehead atoms. The van der Waals surface area contributed by atoms with E-state index in [0.29, 0.717) is 0 Å². The van der Waals surface area contributed by atoms with Gasteiger partial charge in [-0.1, -0.05) is 58.8 Å². The van der Waals surface area contributed by atoms with Gasteiger partial charge in [-0.15, -0.1) is 0 Å². The standard InChI is InChI=1S/C15H31N/c1-3-8-15(16-13-4-2)12-7-11-14-9-5-6-10-14/h14-16H,3-13H2,1-2H3.